The molecule has 2 unspecified atom stereocenters. The lowest BCUT2D eigenvalue weighted by atomic mass is 10.1. The minimum absolute atomic E-state index is 0.0186. The van der Waals surface area contributed by atoms with Crippen molar-refractivity contribution in [2.24, 2.45) is 0 Å². The number of rotatable bonds is 14. The zero-order valence-electron chi connectivity index (χ0n) is 23.3. The lowest BCUT2D eigenvalue weighted by Crippen LogP contribution is -2.46. The van der Waals surface area contributed by atoms with Gasteiger partial charge in [0.15, 0.2) is 0 Å². The molecular weight excluding hydrogens is 538 g/mol. The molecule has 11 heteroatoms. The molecule has 0 aliphatic carbocycles. The molecule has 218 valence electrons. The summed E-state index contributed by atoms with van der Waals surface area (Å²) in [6.45, 7) is 1.92. The average Bonchev–Trinajstić information content (AvgIpc) is 3.00. The first-order valence-electron chi connectivity index (χ1n) is 13.7. The van der Waals surface area contributed by atoms with Crippen LogP contribution in [0.2, 0.25) is 0 Å². The number of anilines is 2. The lowest BCUT2D eigenvalue weighted by molar-refractivity contribution is -0.141. The Labute approximate surface area is 243 Å². The smallest absolute Gasteiger partial charge is 0.278 e. The van der Waals surface area contributed by atoms with Crippen LogP contribution in [0, 0.1) is 0 Å². The summed E-state index contributed by atoms with van der Waals surface area (Å²) in [7, 11) is 0. The largest absolute Gasteiger partial charge is 0.352 e. The van der Waals surface area contributed by atoms with E-state index >= 15 is 0 Å². The number of hydrogen-bond acceptors (Lipinski definition) is 8. The van der Waals surface area contributed by atoms with E-state index in [1.165, 1.54) is 16.8 Å². The predicted octanol–water partition coefficient (Wildman–Crippen LogP) is 3.06. The number of ketones is 2. The van der Waals surface area contributed by atoms with Gasteiger partial charge in [-0.1, -0.05) is 61.4 Å². The summed E-state index contributed by atoms with van der Waals surface area (Å²) in [4.78, 5) is 67.1. The molecule has 0 bridgehead atoms. The molecule has 2 aromatic carbocycles. The summed E-state index contributed by atoms with van der Waals surface area (Å²) < 4.78 is 7.07. The Morgan fingerprint density at radius 2 is 1.74 bits per heavy atom. The van der Waals surface area contributed by atoms with Crippen LogP contribution >= 0.6 is 0 Å². The van der Waals surface area contributed by atoms with Gasteiger partial charge >= 0.3 is 0 Å². The molecule has 1 aromatic heterocycles. The SMILES string of the molecule is CC(CCCCCOC1C(=O)C(=O)C=CN1c1ccccc1)NC(=O)Cn1c(-c2ccccc2)ncc(NC=O)c1=O. The van der Waals surface area contributed by atoms with Crippen molar-refractivity contribution in [2.45, 2.75) is 51.4 Å². The highest BCUT2D eigenvalue weighted by atomic mass is 16.5. The number of carbonyl (C=O) groups is 4. The normalized spacial score (nSPS) is 15.4. The molecule has 0 fully saturated rings. The van der Waals surface area contributed by atoms with E-state index in [-0.39, 0.29) is 24.2 Å². The van der Waals surface area contributed by atoms with E-state index < -0.39 is 23.4 Å². The number of hydrogen-bond donors (Lipinski definition) is 2. The quantitative estimate of drug-likeness (QED) is 0.171. The predicted molar refractivity (Wildman–Crippen MR) is 158 cm³/mol. The summed E-state index contributed by atoms with van der Waals surface area (Å²) in [5, 5.41) is 5.25. The van der Waals surface area contributed by atoms with Gasteiger partial charge in [0.25, 0.3) is 11.3 Å². The monoisotopic (exact) mass is 571 g/mol. The van der Waals surface area contributed by atoms with Gasteiger partial charge in [-0.15, -0.1) is 0 Å². The third-order valence-electron chi connectivity index (χ3n) is 6.72. The number of para-hydroxylation sites is 1. The van der Waals surface area contributed by atoms with Crippen LogP contribution in [0.25, 0.3) is 11.4 Å². The second kappa shape index (κ2) is 14.6. The second-order valence-corrected chi connectivity index (χ2v) is 9.84. The Kier molecular flexibility index (Phi) is 10.5. The average molecular weight is 572 g/mol. The number of nitrogens with one attached hydrogen (secondary N) is 2. The van der Waals surface area contributed by atoms with Crippen LogP contribution in [0.3, 0.4) is 0 Å². The number of amides is 2. The van der Waals surface area contributed by atoms with Crippen molar-refractivity contribution >= 4 is 35.3 Å². The van der Waals surface area contributed by atoms with Crippen LogP contribution in [0.5, 0.6) is 0 Å². The Morgan fingerprint density at radius 3 is 2.45 bits per heavy atom. The van der Waals surface area contributed by atoms with Crippen molar-refractivity contribution in [3.8, 4) is 11.4 Å². The Bertz CT molecular complexity index is 1490. The Hall–Kier alpha value is -4.90. The summed E-state index contributed by atoms with van der Waals surface area (Å²) in [6, 6.07) is 18.1. The molecule has 0 radical (unpaired) electrons. The summed E-state index contributed by atoms with van der Waals surface area (Å²) in [5.41, 5.74) is 0.871. The van der Waals surface area contributed by atoms with Crippen molar-refractivity contribution in [3.63, 3.8) is 0 Å². The molecule has 2 N–H and O–H groups in total. The van der Waals surface area contributed by atoms with Gasteiger partial charge in [0.2, 0.25) is 24.3 Å². The van der Waals surface area contributed by atoms with Crippen LogP contribution in [0.15, 0.2) is 83.9 Å². The van der Waals surface area contributed by atoms with Crippen molar-refractivity contribution in [3.05, 3.63) is 89.5 Å². The Balaban J connectivity index is 1.25. The van der Waals surface area contributed by atoms with E-state index in [1.807, 2.05) is 43.3 Å². The van der Waals surface area contributed by atoms with Gasteiger partial charge in [-0.2, -0.15) is 0 Å². The van der Waals surface area contributed by atoms with E-state index in [9.17, 15) is 24.0 Å². The van der Waals surface area contributed by atoms with Crippen molar-refractivity contribution in [2.75, 3.05) is 16.8 Å². The third-order valence-corrected chi connectivity index (χ3v) is 6.72. The number of ether oxygens (including phenoxy) is 1. The molecular formula is C31H33N5O6. The van der Waals surface area contributed by atoms with Gasteiger partial charge in [0.05, 0.1) is 6.20 Å². The minimum atomic E-state index is -0.998. The minimum Gasteiger partial charge on any atom is -0.352 e. The summed E-state index contributed by atoms with van der Waals surface area (Å²) >= 11 is 0. The molecule has 42 heavy (non-hydrogen) atoms. The standard InChI is InChI=1S/C31H33N5O6/c1-22(11-5-4-10-18-42-31-28(40)26(38)16-17-35(31)24-14-8-3-9-15-24)34-27(39)20-36-29(23-12-6-2-7-13-23)32-19-25(30(36)41)33-21-37/h2-3,6-9,12-17,19,21-22,31H,4-5,10-11,18,20H2,1H3,(H,33,37)(H,34,39). The molecule has 2 heterocycles. The highest BCUT2D eigenvalue weighted by Crippen LogP contribution is 2.22. The van der Waals surface area contributed by atoms with Crippen LogP contribution in [0.1, 0.15) is 32.6 Å². The maximum absolute atomic E-state index is 13.0. The lowest BCUT2D eigenvalue weighted by Gasteiger charge is -2.31. The highest BCUT2D eigenvalue weighted by Gasteiger charge is 2.33. The fourth-order valence-electron chi connectivity index (χ4n) is 4.61. The zero-order valence-corrected chi connectivity index (χ0v) is 23.3. The molecule has 1 aliphatic rings. The first-order chi connectivity index (χ1) is 20.4. The number of nitrogens with zero attached hydrogens (tertiary/aromatic N) is 3. The number of unbranched alkanes of at least 4 members (excludes halogenated alkanes) is 2. The van der Waals surface area contributed by atoms with Crippen LogP contribution in [-0.4, -0.2) is 52.3 Å². The molecule has 11 nitrogen and oxygen atoms in total. The number of Topliss-reactive ketones (excluding diaryl/α,β-unsaturated/α-hetero) is 1. The summed E-state index contributed by atoms with van der Waals surface area (Å²) in [5.74, 6) is -1.23. The van der Waals surface area contributed by atoms with E-state index in [2.05, 4.69) is 15.6 Å². The fraction of sp³-hybridized carbons (Fsp3) is 0.290. The van der Waals surface area contributed by atoms with Crippen molar-refractivity contribution < 1.29 is 23.9 Å². The maximum atomic E-state index is 13.0. The van der Waals surface area contributed by atoms with E-state index in [0.717, 1.165) is 18.5 Å². The van der Waals surface area contributed by atoms with Gasteiger partial charge in [-0.3, -0.25) is 28.5 Å². The molecule has 0 spiro atoms. The van der Waals surface area contributed by atoms with Crippen molar-refractivity contribution in [1.82, 2.24) is 14.9 Å². The first-order valence-corrected chi connectivity index (χ1v) is 13.7. The molecule has 4 rings (SSSR count). The second-order valence-electron chi connectivity index (χ2n) is 9.84. The molecule has 2 atom stereocenters. The molecule has 3 aromatic rings. The fourth-order valence-corrected chi connectivity index (χ4v) is 4.61. The Morgan fingerprint density at radius 1 is 1.02 bits per heavy atom. The summed E-state index contributed by atoms with van der Waals surface area (Å²) in [6.07, 6.45) is 6.42. The molecule has 0 saturated heterocycles. The molecule has 0 saturated carbocycles. The maximum Gasteiger partial charge on any atom is 0.278 e. The van der Waals surface area contributed by atoms with Gasteiger partial charge in [0, 0.05) is 36.2 Å². The molecule has 2 amide bonds. The number of aromatic nitrogens is 2. The van der Waals surface area contributed by atoms with Crippen LogP contribution in [-0.2, 0) is 30.5 Å². The highest BCUT2D eigenvalue weighted by molar-refractivity contribution is 6.44. The topological polar surface area (TPSA) is 140 Å². The molecule has 1 aliphatic heterocycles. The van der Waals surface area contributed by atoms with Gasteiger partial charge < -0.3 is 20.3 Å². The number of allylic oxidation sites excluding steroid dienone is 1. The first kappa shape index (κ1) is 30.1. The van der Waals surface area contributed by atoms with E-state index in [4.69, 9.17) is 4.74 Å². The third kappa shape index (κ3) is 7.64. The van der Waals surface area contributed by atoms with Gasteiger partial charge in [-0.05, 0) is 31.9 Å². The number of carbonyl (C=O) groups excluding carboxylic acids is 4. The zero-order chi connectivity index (χ0) is 29.9. The number of benzene rings is 2. The van der Waals surface area contributed by atoms with Crippen LogP contribution in [0.4, 0.5) is 11.4 Å². The van der Waals surface area contributed by atoms with E-state index in [0.29, 0.717) is 37.2 Å². The van der Waals surface area contributed by atoms with Crippen molar-refractivity contribution in [1.29, 1.82) is 0 Å². The van der Waals surface area contributed by atoms with E-state index in [1.54, 1.807) is 35.4 Å². The van der Waals surface area contributed by atoms with Gasteiger partial charge in [-0.25, -0.2) is 4.98 Å². The van der Waals surface area contributed by atoms with Crippen LogP contribution < -0.4 is 21.1 Å². The van der Waals surface area contributed by atoms with Gasteiger partial charge in [0.1, 0.15) is 18.1 Å².